The summed E-state index contributed by atoms with van der Waals surface area (Å²) in [5, 5.41) is 3.64. The van der Waals surface area contributed by atoms with Crippen LogP contribution < -0.4 is 16.0 Å². The van der Waals surface area contributed by atoms with Crippen molar-refractivity contribution >= 4 is 28.2 Å². The molecule has 0 bridgehead atoms. The fraction of sp³-hybridized carbons (Fsp3) is 0.333. The summed E-state index contributed by atoms with van der Waals surface area (Å²) in [6.07, 6.45) is 0. The van der Waals surface area contributed by atoms with Crippen molar-refractivity contribution in [1.29, 1.82) is 0 Å². The van der Waals surface area contributed by atoms with Gasteiger partial charge in [0.15, 0.2) is 5.13 Å². The lowest BCUT2D eigenvalue weighted by Crippen LogP contribution is -2.22. The summed E-state index contributed by atoms with van der Waals surface area (Å²) >= 11 is 1.32. The zero-order valence-electron chi connectivity index (χ0n) is 12.5. The highest BCUT2D eigenvalue weighted by Gasteiger charge is 2.17. The van der Waals surface area contributed by atoms with Crippen LogP contribution in [0.4, 0.5) is 10.9 Å². The van der Waals surface area contributed by atoms with E-state index in [4.69, 9.17) is 5.73 Å². The minimum Gasteiger partial charge on any atom is -0.382 e. The number of nitrogens with one attached hydrogen (secondary N) is 1. The number of rotatable bonds is 5. The Labute approximate surface area is 128 Å². The van der Waals surface area contributed by atoms with Crippen molar-refractivity contribution in [3.63, 3.8) is 0 Å². The first-order valence-electron chi connectivity index (χ1n) is 6.82. The summed E-state index contributed by atoms with van der Waals surface area (Å²) in [6.45, 7) is 5.35. The van der Waals surface area contributed by atoms with Gasteiger partial charge in [-0.25, -0.2) is 4.98 Å². The molecule has 0 aliphatic heterocycles. The Morgan fingerprint density at radius 2 is 2.05 bits per heavy atom. The van der Waals surface area contributed by atoms with Crippen LogP contribution in [0.3, 0.4) is 0 Å². The van der Waals surface area contributed by atoms with Gasteiger partial charge >= 0.3 is 0 Å². The highest BCUT2D eigenvalue weighted by atomic mass is 32.1. The molecule has 21 heavy (non-hydrogen) atoms. The van der Waals surface area contributed by atoms with E-state index in [2.05, 4.69) is 10.3 Å². The molecule has 0 saturated carbocycles. The normalized spacial score (nSPS) is 10.4. The van der Waals surface area contributed by atoms with Crippen molar-refractivity contribution in [2.24, 2.45) is 0 Å². The van der Waals surface area contributed by atoms with Gasteiger partial charge in [0.2, 0.25) is 0 Å². The zero-order chi connectivity index (χ0) is 15.4. The van der Waals surface area contributed by atoms with E-state index in [1.807, 2.05) is 50.1 Å². The number of carbonyl (C=O) groups is 1. The van der Waals surface area contributed by atoms with Gasteiger partial charge in [-0.05, 0) is 19.4 Å². The molecule has 112 valence electrons. The Morgan fingerprint density at radius 3 is 2.67 bits per heavy atom. The van der Waals surface area contributed by atoms with E-state index in [-0.39, 0.29) is 11.7 Å². The number of carbonyl (C=O) groups excluding carboxylic acids is 1. The third-order valence-corrected chi connectivity index (χ3v) is 4.41. The van der Waals surface area contributed by atoms with Crippen LogP contribution in [0.15, 0.2) is 24.3 Å². The molecular weight excluding hydrogens is 284 g/mol. The van der Waals surface area contributed by atoms with Crippen LogP contribution in [0, 0.1) is 6.92 Å². The van der Waals surface area contributed by atoms with Gasteiger partial charge in [-0.15, -0.1) is 0 Å². The quantitative estimate of drug-likeness (QED) is 0.890. The number of benzene rings is 1. The van der Waals surface area contributed by atoms with Gasteiger partial charge in [0.1, 0.15) is 10.7 Å². The van der Waals surface area contributed by atoms with Crippen molar-refractivity contribution in [2.75, 3.05) is 24.2 Å². The van der Waals surface area contributed by atoms with Crippen molar-refractivity contribution in [3.05, 3.63) is 40.3 Å². The second-order valence-electron chi connectivity index (χ2n) is 4.89. The van der Waals surface area contributed by atoms with Gasteiger partial charge in [-0.1, -0.05) is 41.2 Å². The van der Waals surface area contributed by atoms with Gasteiger partial charge in [0, 0.05) is 20.1 Å². The van der Waals surface area contributed by atoms with Crippen LogP contribution in [-0.4, -0.2) is 24.5 Å². The van der Waals surface area contributed by atoms with E-state index < -0.39 is 0 Å². The first-order chi connectivity index (χ1) is 10.0. The highest BCUT2D eigenvalue weighted by molar-refractivity contribution is 7.18. The second-order valence-corrected chi connectivity index (χ2v) is 5.87. The summed E-state index contributed by atoms with van der Waals surface area (Å²) in [6, 6.07) is 8.05. The molecule has 0 unspecified atom stereocenters. The smallest absolute Gasteiger partial charge is 0.265 e. The van der Waals surface area contributed by atoms with Crippen molar-refractivity contribution in [1.82, 2.24) is 10.3 Å². The van der Waals surface area contributed by atoms with Crippen LogP contribution in [0.5, 0.6) is 0 Å². The van der Waals surface area contributed by atoms with Crippen LogP contribution >= 0.6 is 11.3 Å². The van der Waals surface area contributed by atoms with Gasteiger partial charge in [0.05, 0.1) is 0 Å². The number of aryl methyl sites for hydroxylation is 1. The maximum Gasteiger partial charge on any atom is 0.265 e. The molecule has 6 heteroatoms. The van der Waals surface area contributed by atoms with Crippen LogP contribution in [-0.2, 0) is 6.54 Å². The van der Waals surface area contributed by atoms with Crippen LogP contribution in [0.1, 0.15) is 27.7 Å². The summed E-state index contributed by atoms with van der Waals surface area (Å²) < 4.78 is 0. The molecule has 1 heterocycles. The number of thiazole rings is 1. The van der Waals surface area contributed by atoms with Crippen molar-refractivity contribution in [2.45, 2.75) is 20.4 Å². The zero-order valence-corrected chi connectivity index (χ0v) is 13.3. The average molecular weight is 304 g/mol. The molecular formula is C15H20N4OS. The second kappa shape index (κ2) is 6.58. The molecule has 0 atom stereocenters. The van der Waals surface area contributed by atoms with E-state index >= 15 is 0 Å². The van der Waals surface area contributed by atoms with Crippen LogP contribution in [0.2, 0.25) is 0 Å². The van der Waals surface area contributed by atoms with E-state index in [1.165, 1.54) is 16.9 Å². The third kappa shape index (κ3) is 3.72. The predicted octanol–water partition coefficient (Wildman–Crippen LogP) is 2.42. The van der Waals surface area contributed by atoms with Crippen LogP contribution in [0.25, 0.3) is 0 Å². The molecule has 0 aliphatic carbocycles. The minimum atomic E-state index is -0.179. The Hall–Kier alpha value is -2.08. The molecule has 2 aromatic rings. The number of hydrogen-bond donors (Lipinski definition) is 2. The first kappa shape index (κ1) is 15.3. The first-order valence-corrected chi connectivity index (χ1v) is 7.64. The maximum atomic E-state index is 12.2. The molecule has 1 aromatic carbocycles. The minimum absolute atomic E-state index is 0.179. The summed E-state index contributed by atoms with van der Waals surface area (Å²) in [5.41, 5.74) is 8.09. The number of aromatic nitrogens is 1. The van der Waals surface area contributed by atoms with Gasteiger partial charge in [0.25, 0.3) is 5.91 Å². The summed E-state index contributed by atoms with van der Waals surface area (Å²) in [5.74, 6) is 0.109. The topological polar surface area (TPSA) is 71.2 Å². The molecule has 0 spiro atoms. The number of amides is 1. The molecule has 3 N–H and O–H groups in total. The Kier molecular flexibility index (Phi) is 4.80. The van der Waals surface area contributed by atoms with Gasteiger partial charge in [-0.2, -0.15) is 0 Å². The molecule has 2 rings (SSSR count). The van der Waals surface area contributed by atoms with E-state index in [0.717, 1.165) is 17.2 Å². The third-order valence-electron chi connectivity index (χ3n) is 3.22. The lowest BCUT2D eigenvalue weighted by atomic mass is 10.1. The Bertz CT molecular complexity index is 621. The number of anilines is 2. The van der Waals surface area contributed by atoms with E-state index in [1.54, 1.807) is 0 Å². The molecule has 0 saturated heterocycles. The van der Waals surface area contributed by atoms with Gasteiger partial charge < -0.3 is 16.0 Å². The molecule has 0 fully saturated rings. The summed E-state index contributed by atoms with van der Waals surface area (Å²) in [4.78, 5) is 18.8. The summed E-state index contributed by atoms with van der Waals surface area (Å²) in [7, 11) is 1.92. The molecule has 5 nitrogen and oxygen atoms in total. The number of nitrogen functional groups attached to an aromatic ring is 1. The standard InChI is InChI=1S/C15H20N4OS/c1-4-19(3)15-18-13(16)12(21-15)14(20)17-9-11-7-5-10(2)6-8-11/h5-8H,4,9,16H2,1-3H3,(H,17,20). The van der Waals surface area contributed by atoms with Crippen molar-refractivity contribution < 1.29 is 4.79 Å². The lowest BCUT2D eigenvalue weighted by molar-refractivity contribution is 0.0955. The largest absolute Gasteiger partial charge is 0.382 e. The molecule has 0 radical (unpaired) electrons. The van der Waals surface area contributed by atoms with E-state index in [0.29, 0.717) is 11.4 Å². The SMILES string of the molecule is CCN(C)c1nc(N)c(C(=O)NCc2ccc(C)cc2)s1. The number of hydrogen-bond acceptors (Lipinski definition) is 5. The monoisotopic (exact) mass is 304 g/mol. The number of nitrogens with two attached hydrogens (primary N) is 1. The van der Waals surface area contributed by atoms with Crippen molar-refractivity contribution in [3.8, 4) is 0 Å². The highest BCUT2D eigenvalue weighted by Crippen LogP contribution is 2.27. The molecule has 0 aliphatic rings. The lowest BCUT2D eigenvalue weighted by Gasteiger charge is -2.10. The Balaban J connectivity index is 2.03. The van der Waals surface area contributed by atoms with Gasteiger partial charge in [-0.3, -0.25) is 4.79 Å². The number of nitrogens with zero attached hydrogens (tertiary/aromatic N) is 2. The fourth-order valence-corrected chi connectivity index (χ4v) is 2.68. The maximum absolute atomic E-state index is 12.2. The van der Waals surface area contributed by atoms with E-state index in [9.17, 15) is 4.79 Å². The fourth-order valence-electron chi connectivity index (χ4n) is 1.75. The Morgan fingerprint density at radius 1 is 1.38 bits per heavy atom. The molecule has 1 aromatic heterocycles. The molecule has 1 amide bonds. The average Bonchev–Trinajstić information content (AvgIpc) is 2.87. The predicted molar refractivity (Wildman–Crippen MR) is 87.8 cm³/mol.